The number of sulfonamides is 1. The molecule has 0 aliphatic rings. The second kappa shape index (κ2) is 5.87. The van der Waals surface area contributed by atoms with E-state index in [1.54, 1.807) is 0 Å². The van der Waals surface area contributed by atoms with Gasteiger partial charge in [-0.2, -0.15) is 0 Å². The highest BCUT2D eigenvalue weighted by Crippen LogP contribution is 2.28. The van der Waals surface area contributed by atoms with Crippen LogP contribution >= 0.6 is 11.6 Å². The molecule has 0 saturated heterocycles. The van der Waals surface area contributed by atoms with Crippen LogP contribution in [0.15, 0.2) is 41.3 Å². The van der Waals surface area contributed by atoms with E-state index >= 15 is 0 Å². The van der Waals surface area contributed by atoms with E-state index in [0.717, 1.165) is 18.2 Å². The Morgan fingerprint density at radius 2 is 1.81 bits per heavy atom. The Balaban J connectivity index is 2.36. The van der Waals surface area contributed by atoms with Gasteiger partial charge in [-0.15, -0.1) is 0 Å². The summed E-state index contributed by atoms with van der Waals surface area (Å²) >= 11 is 5.88. The van der Waals surface area contributed by atoms with Gasteiger partial charge in [-0.05, 0) is 24.3 Å². The maximum atomic E-state index is 13.1. The topological polar surface area (TPSA) is 55.4 Å². The molecule has 0 aliphatic carbocycles. The van der Waals surface area contributed by atoms with Crippen molar-refractivity contribution in [2.24, 2.45) is 0 Å². The number of rotatable bonds is 4. The lowest BCUT2D eigenvalue weighted by atomic mass is 10.3. The lowest BCUT2D eigenvalue weighted by Crippen LogP contribution is -2.13. The van der Waals surface area contributed by atoms with Gasteiger partial charge in [0, 0.05) is 12.1 Å². The third kappa shape index (κ3) is 3.43. The molecule has 0 atom stereocenters. The standard InChI is InChI=1S/C13H10ClF2NO3S/c1-20-9-3-5-13(10(14)7-9)21(18,19)17-8-2-4-11(15)12(16)6-8/h2-7,17H,1H3. The summed E-state index contributed by atoms with van der Waals surface area (Å²) in [6.07, 6.45) is 0. The Hall–Kier alpha value is -1.86. The van der Waals surface area contributed by atoms with Crippen LogP contribution in [0, 0.1) is 11.6 Å². The minimum atomic E-state index is -4.03. The van der Waals surface area contributed by atoms with Crippen LogP contribution in [0.2, 0.25) is 5.02 Å². The van der Waals surface area contributed by atoms with Crippen LogP contribution < -0.4 is 9.46 Å². The molecule has 21 heavy (non-hydrogen) atoms. The summed E-state index contributed by atoms with van der Waals surface area (Å²) in [5, 5.41) is -0.0515. The molecule has 2 aromatic carbocycles. The molecule has 1 N–H and O–H groups in total. The van der Waals surface area contributed by atoms with Crippen LogP contribution in [-0.2, 0) is 10.0 Å². The van der Waals surface area contributed by atoms with Crippen molar-refractivity contribution in [2.45, 2.75) is 4.90 Å². The van der Waals surface area contributed by atoms with Crippen LogP contribution in [0.3, 0.4) is 0 Å². The first-order valence-electron chi connectivity index (χ1n) is 5.65. The number of hydrogen-bond acceptors (Lipinski definition) is 3. The lowest BCUT2D eigenvalue weighted by molar-refractivity contribution is 0.414. The number of ether oxygens (including phenoxy) is 1. The Bertz CT molecular complexity index is 781. The van der Waals surface area contributed by atoms with E-state index in [2.05, 4.69) is 4.72 Å². The third-order valence-corrected chi connectivity index (χ3v) is 4.46. The average Bonchev–Trinajstić information content (AvgIpc) is 2.42. The van der Waals surface area contributed by atoms with Crippen molar-refractivity contribution in [3.63, 3.8) is 0 Å². The van der Waals surface area contributed by atoms with Gasteiger partial charge < -0.3 is 4.74 Å². The minimum absolute atomic E-state index is 0.0515. The number of nitrogens with one attached hydrogen (secondary N) is 1. The van der Waals surface area contributed by atoms with Crippen molar-refractivity contribution < 1.29 is 21.9 Å². The number of methoxy groups -OCH3 is 1. The Kier molecular flexibility index (Phi) is 4.34. The average molecular weight is 334 g/mol. The second-order valence-corrected chi connectivity index (χ2v) is 6.09. The van der Waals surface area contributed by atoms with Crippen LogP contribution in [-0.4, -0.2) is 15.5 Å². The number of benzene rings is 2. The number of hydrogen-bond donors (Lipinski definition) is 1. The molecule has 8 heteroatoms. The minimum Gasteiger partial charge on any atom is -0.497 e. The molecule has 0 bridgehead atoms. The van der Waals surface area contributed by atoms with Gasteiger partial charge in [0.25, 0.3) is 10.0 Å². The lowest BCUT2D eigenvalue weighted by Gasteiger charge is -2.10. The van der Waals surface area contributed by atoms with Gasteiger partial charge in [0.2, 0.25) is 0 Å². The molecule has 4 nitrogen and oxygen atoms in total. The molecule has 0 radical (unpaired) electrons. The van der Waals surface area contributed by atoms with E-state index in [1.807, 2.05) is 0 Å². The van der Waals surface area contributed by atoms with E-state index < -0.39 is 21.7 Å². The molecule has 0 spiro atoms. The molecule has 0 aromatic heterocycles. The van der Waals surface area contributed by atoms with Gasteiger partial charge in [-0.3, -0.25) is 4.72 Å². The molecule has 2 rings (SSSR count). The summed E-state index contributed by atoms with van der Waals surface area (Å²) in [5.41, 5.74) is -0.110. The summed E-state index contributed by atoms with van der Waals surface area (Å²) in [4.78, 5) is -0.199. The van der Waals surface area contributed by atoms with Gasteiger partial charge in [-0.1, -0.05) is 11.6 Å². The van der Waals surface area contributed by atoms with E-state index in [-0.39, 0.29) is 15.6 Å². The van der Waals surface area contributed by atoms with Gasteiger partial charge in [0.15, 0.2) is 11.6 Å². The molecule has 112 valence electrons. The summed E-state index contributed by atoms with van der Waals surface area (Å²) in [6, 6.07) is 6.68. The second-order valence-electron chi connectivity index (χ2n) is 4.03. The quantitative estimate of drug-likeness (QED) is 0.932. The number of halogens is 3. The van der Waals surface area contributed by atoms with Crippen LogP contribution in [0.25, 0.3) is 0 Å². The van der Waals surface area contributed by atoms with Crippen LogP contribution in [0.1, 0.15) is 0 Å². The van der Waals surface area contributed by atoms with E-state index in [1.165, 1.54) is 25.3 Å². The predicted molar refractivity (Wildman–Crippen MR) is 75.2 cm³/mol. The van der Waals surface area contributed by atoms with Crippen molar-refractivity contribution in [1.29, 1.82) is 0 Å². The highest BCUT2D eigenvalue weighted by molar-refractivity contribution is 7.92. The molecular weight excluding hydrogens is 324 g/mol. The fourth-order valence-corrected chi connectivity index (χ4v) is 3.18. The van der Waals surface area contributed by atoms with Crippen molar-refractivity contribution in [2.75, 3.05) is 11.8 Å². The van der Waals surface area contributed by atoms with Crippen molar-refractivity contribution in [3.05, 3.63) is 53.1 Å². The van der Waals surface area contributed by atoms with Crippen LogP contribution in [0.5, 0.6) is 5.75 Å². The first kappa shape index (κ1) is 15.5. The SMILES string of the molecule is COc1ccc(S(=O)(=O)Nc2ccc(F)c(F)c2)c(Cl)c1. The number of anilines is 1. The zero-order chi connectivity index (χ0) is 15.6. The normalized spacial score (nSPS) is 11.2. The molecule has 2 aromatic rings. The van der Waals surface area contributed by atoms with Crippen molar-refractivity contribution in [1.82, 2.24) is 0 Å². The van der Waals surface area contributed by atoms with Crippen molar-refractivity contribution in [3.8, 4) is 5.75 Å². The predicted octanol–water partition coefficient (Wildman–Crippen LogP) is 3.43. The Morgan fingerprint density at radius 1 is 1.10 bits per heavy atom. The van der Waals surface area contributed by atoms with Crippen LogP contribution in [0.4, 0.5) is 14.5 Å². The van der Waals surface area contributed by atoms with Gasteiger partial charge in [0.1, 0.15) is 10.6 Å². The van der Waals surface area contributed by atoms with E-state index in [0.29, 0.717) is 5.75 Å². The Morgan fingerprint density at radius 3 is 2.38 bits per heavy atom. The fourth-order valence-electron chi connectivity index (χ4n) is 1.60. The fraction of sp³-hybridized carbons (Fsp3) is 0.0769. The van der Waals surface area contributed by atoms with Gasteiger partial charge >= 0.3 is 0 Å². The molecule has 0 fully saturated rings. The molecule has 0 aliphatic heterocycles. The van der Waals surface area contributed by atoms with Crippen molar-refractivity contribution >= 4 is 27.3 Å². The Labute approximate surface area is 125 Å². The zero-order valence-corrected chi connectivity index (χ0v) is 12.3. The zero-order valence-electron chi connectivity index (χ0n) is 10.7. The summed E-state index contributed by atoms with van der Waals surface area (Å²) < 4.78 is 57.3. The van der Waals surface area contributed by atoms with E-state index in [9.17, 15) is 17.2 Å². The monoisotopic (exact) mass is 333 g/mol. The molecule has 0 amide bonds. The largest absolute Gasteiger partial charge is 0.497 e. The molecular formula is C13H10ClF2NO3S. The highest BCUT2D eigenvalue weighted by Gasteiger charge is 2.19. The summed E-state index contributed by atoms with van der Waals surface area (Å²) in [5.74, 6) is -1.83. The highest BCUT2D eigenvalue weighted by atomic mass is 35.5. The first-order chi connectivity index (χ1) is 9.83. The summed E-state index contributed by atoms with van der Waals surface area (Å²) in [6.45, 7) is 0. The molecule has 0 saturated carbocycles. The molecule has 0 unspecified atom stereocenters. The maximum absolute atomic E-state index is 13.1. The summed E-state index contributed by atoms with van der Waals surface area (Å²) in [7, 11) is -2.61. The van der Waals surface area contributed by atoms with Gasteiger partial charge in [0.05, 0.1) is 17.8 Å². The van der Waals surface area contributed by atoms with Gasteiger partial charge in [-0.25, -0.2) is 17.2 Å². The smallest absolute Gasteiger partial charge is 0.263 e. The maximum Gasteiger partial charge on any atom is 0.263 e. The third-order valence-electron chi connectivity index (χ3n) is 2.60. The van der Waals surface area contributed by atoms with E-state index in [4.69, 9.17) is 16.3 Å². The first-order valence-corrected chi connectivity index (χ1v) is 7.51. The molecule has 0 heterocycles.